The lowest BCUT2D eigenvalue weighted by molar-refractivity contribution is -0.134. The Bertz CT molecular complexity index is 344. The minimum absolute atomic E-state index is 0.210. The van der Waals surface area contributed by atoms with Crippen LogP contribution in [-0.2, 0) is 9.53 Å². The highest BCUT2D eigenvalue weighted by molar-refractivity contribution is 5.77. The monoisotopic (exact) mass is 309 g/mol. The lowest BCUT2D eigenvalue weighted by Gasteiger charge is -2.38. The maximum Gasteiger partial charge on any atom is 0.224 e. The van der Waals surface area contributed by atoms with Gasteiger partial charge in [0, 0.05) is 51.7 Å². The summed E-state index contributed by atoms with van der Waals surface area (Å²) in [6.07, 6.45) is 7.67. The van der Waals surface area contributed by atoms with E-state index in [9.17, 15) is 4.79 Å². The average Bonchev–Trinajstić information content (AvgIpc) is 2.57. The molecule has 1 amide bonds. The number of nitrogens with zero attached hydrogens (tertiary/aromatic N) is 2. The van der Waals surface area contributed by atoms with E-state index in [1.54, 1.807) is 0 Å². The predicted molar refractivity (Wildman–Crippen MR) is 86.8 cm³/mol. The van der Waals surface area contributed by atoms with Gasteiger partial charge in [-0.15, -0.1) is 0 Å². The molecule has 3 fully saturated rings. The van der Waals surface area contributed by atoms with E-state index in [0.717, 1.165) is 45.2 Å². The van der Waals surface area contributed by atoms with Gasteiger partial charge in [-0.25, -0.2) is 0 Å². The summed E-state index contributed by atoms with van der Waals surface area (Å²) in [4.78, 5) is 17.0. The number of hydrogen-bond donors (Lipinski definition) is 1. The summed E-state index contributed by atoms with van der Waals surface area (Å²) in [5, 5.41) is 3.37. The van der Waals surface area contributed by atoms with E-state index in [1.165, 1.54) is 38.6 Å². The Morgan fingerprint density at radius 3 is 2.55 bits per heavy atom. The summed E-state index contributed by atoms with van der Waals surface area (Å²) < 4.78 is 5.43. The van der Waals surface area contributed by atoms with E-state index in [-0.39, 0.29) is 6.04 Å². The summed E-state index contributed by atoms with van der Waals surface area (Å²) in [6, 6.07) is 0.210. The second-order valence-corrected chi connectivity index (χ2v) is 7.12. The summed E-state index contributed by atoms with van der Waals surface area (Å²) in [5.74, 6) is 1.19. The fourth-order valence-corrected chi connectivity index (χ4v) is 4.01. The van der Waals surface area contributed by atoms with E-state index < -0.39 is 0 Å². The molecule has 2 heterocycles. The third-order valence-electron chi connectivity index (χ3n) is 5.39. The molecule has 0 radical (unpaired) electrons. The molecule has 0 spiro atoms. The second kappa shape index (κ2) is 8.27. The summed E-state index contributed by atoms with van der Waals surface area (Å²) in [7, 11) is 0. The normalized spacial score (nSPS) is 28.7. The number of amides is 1. The van der Waals surface area contributed by atoms with Gasteiger partial charge in [-0.1, -0.05) is 19.3 Å². The van der Waals surface area contributed by atoms with Crippen molar-refractivity contribution >= 4 is 5.91 Å². The van der Waals surface area contributed by atoms with Crippen LogP contribution in [0.1, 0.15) is 38.5 Å². The van der Waals surface area contributed by atoms with Crippen molar-refractivity contribution in [3.63, 3.8) is 0 Å². The first-order valence-corrected chi connectivity index (χ1v) is 9.12. The lowest BCUT2D eigenvalue weighted by Crippen LogP contribution is -2.52. The first-order chi connectivity index (χ1) is 10.8. The van der Waals surface area contributed by atoms with Crippen LogP contribution in [0, 0.1) is 5.92 Å². The number of morpholine rings is 1. The first kappa shape index (κ1) is 16.2. The SMILES string of the molecule is O=C(CC1COCCN1)N1CCN(CC2CCCCC2)CC1. The van der Waals surface area contributed by atoms with Gasteiger partial charge in [-0.3, -0.25) is 9.69 Å². The van der Waals surface area contributed by atoms with Crippen molar-refractivity contribution < 1.29 is 9.53 Å². The van der Waals surface area contributed by atoms with Crippen LogP contribution in [0.5, 0.6) is 0 Å². The number of rotatable bonds is 4. The minimum Gasteiger partial charge on any atom is -0.378 e. The van der Waals surface area contributed by atoms with Gasteiger partial charge in [-0.05, 0) is 18.8 Å². The molecular formula is C17H31N3O2. The zero-order valence-electron chi connectivity index (χ0n) is 13.8. The van der Waals surface area contributed by atoms with Gasteiger partial charge in [0.15, 0.2) is 0 Å². The minimum atomic E-state index is 0.210. The number of hydrogen-bond acceptors (Lipinski definition) is 4. The predicted octanol–water partition coefficient (Wildman–Crippen LogP) is 1.09. The smallest absolute Gasteiger partial charge is 0.224 e. The molecule has 0 aromatic carbocycles. The maximum absolute atomic E-state index is 12.4. The van der Waals surface area contributed by atoms with Crippen LogP contribution in [0.15, 0.2) is 0 Å². The van der Waals surface area contributed by atoms with Gasteiger partial charge in [0.25, 0.3) is 0 Å². The lowest BCUT2D eigenvalue weighted by atomic mass is 9.89. The van der Waals surface area contributed by atoms with Crippen LogP contribution in [0.2, 0.25) is 0 Å². The number of carbonyl (C=O) groups is 1. The van der Waals surface area contributed by atoms with Crippen LogP contribution in [0.25, 0.3) is 0 Å². The fraction of sp³-hybridized carbons (Fsp3) is 0.941. The zero-order chi connectivity index (χ0) is 15.2. The highest BCUT2D eigenvalue weighted by Gasteiger charge is 2.26. The highest BCUT2D eigenvalue weighted by atomic mass is 16.5. The van der Waals surface area contributed by atoms with Crippen molar-refractivity contribution in [2.45, 2.75) is 44.6 Å². The Morgan fingerprint density at radius 2 is 1.86 bits per heavy atom. The van der Waals surface area contributed by atoms with Crippen LogP contribution in [-0.4, -0.2) is 74.2 Å². The molecule has 1 N–H and O–H groups in total. The van der Waals surface area contributed by atoms with E-state index in [1.807, 2.05) is 4.90 Å². The van der Waals surface area contributed by atoms with Crippen LogP contribution in [0.4, 0.5) is 0 Å². The van der Waals surface area contributed by atoms with Gasteiger partial charge < -0.3 is 15.0 Å². The molecule has 126 valence electrons. The molecule has 0 bridgehead atoms. The van der Waals surface area contributed by atoms with Crippen LogP contribution >= 0.6 is 0 Å². The fourth-order valence-electron chi connectivity index (χ4n) is 4.01. The van der Waals surface area contributed by atoms with Crippen LogP contribution in [0.3, 0.4) is 0 Å². The van der Waals surface area contributed by atoms with E-state index in [0.29, 0.717) is 18.9 Å². The van der Waals surface area contributed by atoms with Gasteiger partial charge in [0.05, 0.1) is 13.2 Å². The molecule has 0 aromatic heterocycles. The number of piperazine rings is 1. The van der Waals surface area contributed by atoms with E-state index in [4.69, 9.17) is 4.74 Å². The van der Waals surface area contributed by atoms with E-state index >= 15 is 0 Å². The number of carbonyl (C=O) groups excluding carboxylic acids is 1. The number of nitrogens with one attached hydrogen (secondary N) is 1. The van der Waals surface area contributed by atoms with Gasteiger partial charge >= 0.3 is 0 Å². The summed E-state index contributed by atoms with van der Waals surface area (Å²) in [6.45, 7) is 7.47. The molecule has 1 unspecified atom stereocenters. The van der Waals surface area contributed by atoms with Crippen LogP contribution < -0.4 is 5.32 Å². The van der Waals surface area contributed by atoms with E-state index in [2.05, 4.69) is 10.2 Å². The summed E-state index contributed by atoms with van der Waals surface area (Å²) in [5.41, 5.74) is 0. The average molecular weight is 309 g/mol. The van der Waals surface area contributed by atoms with Gasteiger partial charge in [-0.2, -0.15) is 0 Å². The third-order valence-corrected chi connectivity index (χ3v) is 5.39. The molecule has 1 saturated carbocycles. The molecule has 3 rings (SSSR count). The van der Waals surface area contributed by atoms with Crippen molar-refractivity contribution in [2.24, 2.45) is 5.92 Å². The molecule has 2 aliphatic heterocycles. The Morgan fingerprint density at radius 1 is 1.09 bits per heavy atom. The van der Waals surface area contributed by atoms with Crippen molar-refractivity contribution in [3.8, 4) is 0 Å². The van der Waals surface area contributed by atoms with Crippen molar-refractivity contribution in [1.82, 2.24) is 15.1 Å². The largest absolute Gasteiger partial charge is 0.378 e. The Balaban J connectivity index is 1.36. The maximum atomic E-state index is 12.4. The molecule has 0 aromatic rings. The van der Waals surface area contributed by atoms with Gasteiger partial charge in [0.2, 0.25) is 5.91 Å². The molecule has 2 saturated heterocycles. The topological polar surface area (TPSA) is 44.8 Å². The van der Waals surface area contributed by atoms with Gasteiger partial charge in [0.1, 0.15) is 0 Å². The standard InChI is InChI=1S/C17H31N3O2/c21-17(12-16-14-22-11-6-18-16)20-9-7-19(8-10-20)13-15-4-2-1-3-5-15/h15-16,18H,1-14H2. The Kier molecular flexibility index (Phi) is 6.10. The molecule has 5 nitrogen and oxygen atoms in total. The summed E-state index contributed by atoms with van der Waals surface area (Å²) >= 11 is 0. The Labute approximate surface area is 134 Å². The molecule has 1 atom stereocenters. The third kappa shape index (κ3) is 4.67. The van der Waals surface area contributed by atoms with Crippen molar-refractivity contribution in [1.29, 1.82) is 0 Å². The zero-order valence-corrected chi connectivity index (χ0v) is 13.8. The Hall–Kier alpha value is -0.650. The molecule has 5 heteroatoms. The molecule has 22 heavy (non-hydrogen) atoms. The second-order valence-electron chi connectivity index (χ2n) is 7.12. The first-order valence-electron chi connectivity index (χ1n) is 9.12. The molecular weight excluding hydrogens is 278 g/mol. The quantitative estimate of drug-likeness (QED) is 0.844. The molecule has 3 aliphatic rings. The van der Waals surface area contributed by atoms with Crippen molar-refractivity contribution in [2.75, 3.05) is 52.5 Å². The molecule has 1 aliphatic carbocycles. The highest BCUT2D eigenvalue weighted by Crippen LogP contribution is 2.24. The number of ether oxygens (including phenoxy) is 1. The van der Waals surface area contributed by atoms with Crippen molar-refractivity contribution in [3.05, 3.63) is 0 Å².